The van der Waals surface area contributed by atoms with E-state index in [1.54, 1.807) is 0 Å². The summed E-state index contributed by atoms with van der Waals surface area (Å²) in [5.41, 5.74) is 0. The predicted molar refractivity (Wildman–Crippen MR) is 168 cm³/mol. The number of likely N-dealkylation sites (N-methyl/N-ethyl adjacent to an activating group) is 2. The highest BCUT2D eigenvalue weighted by molar-refractivity contribution is 6.80. The number of carbonyl (C=O) groups is 2. The van der Waals surface area contributed by atoms with Crippen molar-refractivity contribution in [3.8, 4) is 0 Å². The smallest absolute Gasteiger partial charge is 0.305 e. The SMILES string of the molecule is CC[Si](CC)(CC)C[N+](C)(C)CCOC(=O)CCCCCCC(=O)OCC[N+](C)(C)C[Si](CC)(CC)CC. The summed E-state index contributed by atoms with van der Waals surface area (Å²) in [6.07, 6.45) is 7.01. The van der Waals surface area contributed by atoms with E-state index in [0.29, 0.717) is 26.1 Å². The van der Waals surface area contributed by atoms with Crippen LogP contribution >= 0.6 is 0 Å². The first kappa shape index (κ1) is 37.3. The van der Waals surface area contributed by atoms with Crippen LogP contribution in [-0.2, 0) is 19.1 Å². The van der Waals surface area contributed by atoms with Gasteiger partial charge in [-0.05, 0) is 12.8 Å². The molecule has 0 aliphatic heterocycles. The van der Waals surface area contributed by atoms with E-state index >= 15 is 0 Å². The van der Waals surface area contributed by atoms with Crippen LogP contribution in [0.1, 0.15) is 80.1 Å². The molecule has 38 heavy (non-hydrogen) atoms. The second-order valence-corrected chi connectivity index (χ2v) is 24.0. The molecule has 0 unspecified atom stereocenters. The van der Waals surface area contributed by atoms with E-state index in [-0.39, 0.29) is 11.9 Å². The molecule has 0 amide bonds. The van der Waals surface area contributed by atoms with Gasteiger partial charge in [0.25, 0.3) is 0 Å². The molecule has 0 aromatic carbocycles. The monoisotopic (exact) mass is 574 g/mol. The van der Waals surface area contributed by atoms with Crippen LogP contribution in [-0.4, -0.2) is 104 Å². The minimum atomic E-state index is -1.20. The van der Waals surface area contributed by atoms with E-state index in [4.69, 9.17) is 9.47 Å². The maximum atomic E-state index is 12.2. The molecule has 0 heterocycles. The molecule has 8 heteroatoms. The molecule has 226 valence electrons. The van der Waals surface area contributed by atoms with Gasteiger partial charge in [-0.25, -0.2) is 0 Å². The summed E-state index contributed by atoms with van der Waals surface area (Å²) in [6, 6.07) is 7.97. The molecule has 0 radical (unpaired) electrons. The maximum Gasteiger partial charge on any atom is 0.305 e. The number of ether oxygens (including phenoxy) is 2. The molecular formula is C30H66N2O4Si2+2. The Balaban J connectivity index is 4.03. The van der Waals surface area contributed by atoms with Crippen molar-refractivity contribution < 1.29 is 28.0 Å². The van der Waals surface area contributed by atoms with Crippen molar-refractivity contribution >= 4 is 28.1 Å². The van der Waals surface area contributed by atoms with Crippen molar-refractivity contribution in [2.75, 3.05) is 66.8 Å². The molecule has 0 aliphatic rings. The molecule has 0 fully saturated rings. The van der Waals surface area contributed by atoms with E-state index in [1.165, 1.54) is 48.6 Å². The second-order valence-electron chi connectivity index (χ2n) is 13.1. The standard InChI is InChI=1S/C30H66N2O4Si2/c1-11-37(12-2,13-3)27-31(7,8)23-25-35-29(33)21-19-17-18-20-22-30(34)36-26-24-32(9,10)28-38(14-4,15-5)16-6/h11-28H2,1-10H3/q+2. The Morgan fingerprint density at radius 3 is 1.08 bits per heavy atom. The zero-order valence-corrected chi connectivity index (χ0v) is 29.3. The molecule has 0 saturated heterocycles. The Bertz CT molecular complexity index is 590. The van der Waals surface area contributed by atoms with E-state index in [0.717, 1.165) is 47.7 Å². The first-order valence-electron chi connectivity index (χ1n) is 15.7. The Hall–Kier alpha value is -0.706. The van der Waals surface area contributed by atoms with Gasteiger partial charge in [-0.1, -0.05) is 90.6 Å². The minimum absolute atomic E-state index is 0.0866. The van der Waals surface area contributed by atoms with Crippen LogP contribution in [0.5, 0.6) is 0 Å². The zero-order chi connectivity index (χ0) is 29.3. The fourth-order valence-electron chi connectivity index (χ4n) is 5.99. The average Bonchev–Trinajstić information content (AvgIpc) is 2.87. The summed E-state index contributed by atoms with van der Waals surface area (Å²) in [4.78, 5) is 24.3. The lowest BCUT2D eigenvalue weighted by Crippen LogP contribution is -2.55. The Morgan fingerprint density at radius 2 is 0.816 bits per heavy atom. The number of esters is 2. The van der Waals surface area contributed by atoms with Crippen LogP contribution in [0.25, 0.3) is 0 Å². The normalized spacial score (nSPS) is 13.0. The number of hydrogen-bond acceptors (Lipinski definition) is 4. The molecule has 0 rings (SSSR count). The van der Waals surface area contributed by atoms with E-state index in [9.17, 15) is 9.59 Å². The van der Waals surface area contributed by atoms with Gasteiger partial charge < -0.3 is 18.4 Å². The highest BCUT2D eigenvalue weighted by Crippen LogP contribution is 2.24. The number of carbonyl (C=O) groups excluding carboxylic acids is 2. The maximum absolute atomic E-state index is 12.2. The van der Waals surface area contributed by atoms with Gasteiger partial charge in [0.15, 0.2) is 0 Å². The minimum Gasteiger partial charge on any atom is -0.460 e. The number of unbranched alkanes of at least 4 members (excludes halogenated alkanes) is 3. The number of hydrogen-bond donors (Lipinski definition) is 0. The van der Waals surface area contributed by atoms with Crippen LogP contribution in [0, 0.1) is 0 Å². The third-order valence-electron chi connectivity index (χ3n) is 9.46. The third kappa shape index (κ3) is 15.2. The first-order chi connectivity index (χ1) is 17.8. The number of rotatable bonds is 23. The van der Waals surface area contributed by atoms with Gasteiger partial charge >= 0.3 is 11.9 Å². The Morgan fingerprint density at radius 1 is 0.526 bits per heavy atom. The molecule has 0 spiro atoms. The molecule has 0 aromatic heterocycles. The highest BCUT2D eigenvalue weighted by atomic mass is 28.3. The summed E-state index contributed by atoms with van der Waals surface area (Å²) in [5.74, 6) is -0.173. The van der Waals surface area contributed by atoms with Gasteiger partial charge in [0, 0.05) is 12.8 Å². The topological polar surface area (TPSA) is 52.6 Å². The van der Waals surface area contributed by atoms with Crippen molar-refractivity contribution in [2.24, 2.45) is 0 Å². The molecule has 0 atom stereocenters. The first-order valence-corrected chi connectivity index (χ1v) is 21.4. The van der Waals surface area contributed by atoms with Gasteiger partial charge in [0.1, 0.15) is 42.5 Å². The van der Waals surface area contributed by atoms with Gasteiger partial charge in [-0.3, -0.25) is 9.59 Å². The summed E-state index contributed by atoms with van der Waals surface area (Å²) in [5, 5.41) is 0. The summed E-state index contributed by atoms with van der Waals surface area (Å²) in [6.45, 7) is 16.9. The molecule has 6 nitrogen and oxygen atoms in total. The van der Waals surface area contributed by atoms with Crippen LogP contribution in [0.15, 0.2) is 0 Å². The molecule has 0 N–H and O–H groups in total. The zero-order valence-electron chi connectivity index (χ0n) is 27.3. The fourth-order valence-corrected chi connectivity index (χ4v) is 14.3. The van der Waals surface area contributed by atoms with Gasteiger partial charge in [-0.2, -0.15) is 0 Å². The third-order valence-corrected chi connectivity index (χ3v) is 21.5. The largest absolute Gasteiger partial charge is 0.460 e. The second kappa shape index (κ2) is 18.6. The predicted octanol–water partition coefficient (Wildman–Crippen LogP) is 6.66. The molecular weight excluding hydrogens is 509 g/mol. The quantitative estimate of drug-likeness (QED) is 0.0592. The van der Waals surface area contributed by atoms with Gasteiger partial charge in [-0.15, -0.1) is 0 Å². The Kier molecular flexibility index (Phi) is 18.3. The molecule has 0 bridgehead atoms. The number of nitrogens with zero attached hydrogens (tertiary/aromatic N) is 2. The van der Waals surface area contributed by atoms with Crippen molar-refractivity contribution in [3.05, 3.63) is 0 Å². The summed E-state index contributed by atoms with van der Waals surface area (Å²) in [7, 11) is 6.70. The van der Waals surface area contributed by atoms with Gasteiger partial charge in [0.05, 0.1) is 40.5 Å². The van der Waals surface area contributed by atoms with Crippen LogP contribution in [0.4, 0.5) is 0 Å². The van der Waals surface area contributed by atoms with E-state index in [2.05, 4.69) is 69.7 Å². The lowest BCUT2D eigenvalue weighted by atomic mass is 10.1. The molecule has 0 saturated carbocycles. The molecule has 0 aromatic rings. The van der Waals surface area contributed by atoms with Crippen molar-refractivity contribution in [3.63, 3.8) is 0 Å². The van der Waals surface area contributed by atoms with Crippen LogP contribution in [0.3, 0.4) is 0 Å². The lowest BCUT2D eigenvalue weighted by Gasteiger charge is -2.39. The lowest BCUT2D eigenvalue weighted by molar-refractivity contribution is -0.880. The average molecular weight is 575 g/mol. The number of quaternary nitrogens is 2. The fraction of sp³-hybridized carbons (Fsp3) is 0.933. The van der Waals surface area contributed by atoms with Crippen molar-refractivity contribution in [1.82, 2.24) is 0 Å². The Labute approximate surface area is 239 Å². The van der Waals surface area contributed by atoms with E-state index in [1.807, 2.05) is 0 Å². The van der Waals surface area contributed by atoms with Gasteiger partial charge in [0.2, 0.25) is 0 Å². The van der Waals surface area contributed by atoms with Crippen LogP contribution in [0.2, 0.25) is 36.3 Å². The summed E-state index contributed by atoms with van der Waals surface area (Å²) >= 11 is 0. The van der Waals surface area contributed by atoms with E-state index < -0.39 is 16.1 Å². The van der Waals surface area contributed by atoms with Crippen LogP contribution < -0.4 is 0 Å². The van der Waals surface area contributed by atoms with Crippen molar-refractivity contribution in [2.45, 2.75) is 116 Å². The van der Waals surface area contributed by atoms with Crippen molar-refractivity contribution in [1.29, 1.82) is 0 Å². The highest BCUT2D eigenvalue weighted by Gasteiger charge is 2.36. The molecule has 0 aliphatic carbocycles. The summed E-state index contributed by atoms with van der Waals surface area (Å²) < 4.78 is 13.0.